The Balaban J connectivity index is 1.46. The average Bonchev–Trinajstić information content (AvgIpc) is 3.56. The molecule has 1 atom stereocenters. The van der Waals surface area contributed by atoms with E-state index < -0.39 is 0 Å². The Bertz CT molecular complexity index is 1520. The Morgan fingerprint density at radius 2 is 2.03 bits per heavy atom. The van der Waals surface area contributed by atoms with E-state index >= 15 is 0 Å². The number of hydrogen-bond acceptors (Lipinski definition) is 6. The summed E-state index contributed by atoms with van der Waals surface area (Å²) >= 11 is 0. The van der Waals surface area contributed by atoms with E-state index in [4.69, 9.17) is 4.74 Å². The molecule has 4 aromatic rings. The van der Waals surface area contributed by atoms with Gasteiger partial charge in [-0.2, -0.15) is 5.10 Å². The summed E-state index contributed by atoms with van der Waals surface area (Å²) < 4.78 is 7.21. The number of amides is 1. The van der Waals surface area contributed by atoms with Gasteiger partial charge in [0.05, 0.1) is 47.7 Å². The van der Waals surface area contributed by atoms with E-state index in [9.17, 15) is 9.59 Å². The molecule has 2 aliphatic rings. The molecule has 1 N–H and O–H groups in total. The summed E-state index contributed by atoms with van der Waals surface area (Å²) in [5.41, 5.74) is 4.56. The van der Waals surface area contributed by atoms with Crippen LogP contribution in [0, 0.1) is 6.92 Å². The predicted octanol–water partition coefficient (Wildman–Crippen LogP) is 2.67. The lowest BCUT2D eigenvalue weighted by molar-refractivity contribution is 0.0989. The highest BCUT2D eigenvalue weighted by Crippen LogP contribution is 2.33. The molecule has 1 amide bonds. The number of rotatable bonds is 3. The molecule has 9 heteroatoms. The van der Waals surface area contributed by atoms with Gasteiger partial charge in [-0.25, -0.2) is 4.98 Å². The Hall–Kier alpha value is -3.72. The van der Waals surface area contributed by atoms with Gasteiger partial charge in [0.25, 0.3) is 11.5 Å². The molecule has 0 bridgehead atoms. The summed E-state index contributed by atoms with van der Waals surface area (Å²) in [5.74, 6) is 0.443. The number of likely N-dealkylation sites (tertiary alicyclic amines) is 1. The number of hydrogen-bond donors (Lipinski definition) is 1. The summed E-state index contributed by atoms with van der Waals surface area (Å²) in [5, 5.41) is 6.07. The van der Waals surface area contributed by atoms with Gasteiger partial charge in [0.15, 0.2) is 0 Å². The van der Waals surface area contributed by atoms with E-state index in [1.807, 2.05) is 23.7 Å². The molecule has 2 aliphatic heterocycles. The highest BCUT2D eigenvalue weighted by atomic mass is 16.5. The number of nitrogens with one attached hydrogen (secondary N) is 1. The number of benzene rings is 1. The van der Waals surface area contributed by atoms with E-state index in [0.29, 0.717) is 28.9 Å². The van der Waals surface area contributed by atoms with Crippen LogP contribution in [0.2, 0.25) is 0 Å². The Morgan fingerprint density at radius 3 is 2.79 bits per heavy atom. The Morgan fingerprint density at radius 1 is 1.18 bits per heavy atom. The van der Waals surface area contributed by atoms with Crippen molar-refractivity contribution < 1.29 is 9.53 Å². The number of aromatic nitrogens is 4. The van der Waals surface area contributed by atoms with E-state index in [1.54, 1.807) is 30.5 Å². The lowest BCUT2D eigenvalue weighted by Gasteiger charge is -2.19. The maximum Gasteiger partial charge on any atom is 0.259 e. The monoisotopic (exact) mass is 458 g/mol. The highest BCUT2D eigenvalue weighted by molar-refractivity contribution is 6.12. The number of carbonyl (C=O) groups is 1. The summed E-state index contributed by atoms with van der Waals surface area (Å²) in [4.78, 5) is 37.8. The molecule has 1 aromatic carbocycles. The molecule has 0 radical (unpaired) electrons. The van der Waals surface area contributed by atoms with Crippen molar-refractivity contribution in [1.29, 1.82) is 0 Å². The zero-order chi connectivity index (χ0) is 23.6. The molecule has 5 heterocycles. The first-order chi connectivity index (χ1) is 16.4. The van der Waals surface area contributed by atoms with Crippen molar-refractivity contribution in [3.05, 3.63) is 57.6 Å². The number of H-pyrrole nitrogens is 1. The first-order valence-electron chi connectivity index (χ1n) is 11.5. The zero-order valence-electron chi connectivity index (χ0n) is 19.5. The van der Waals surface area contributed by atoms with E-state index in [-0.39, 0.29) is 17.5 Å². The van der Waals surface area contributed by atoms with Crippen LogP contribution in [0.4, 0.5) is 5.69 Å². The van der Waals surface area contributed by atoms with Crippen LogP contribution in [0.1, 0.15) is 33.9 Å². The molecule has 9 nitrogen and oxygen atoms in total. The van der Waals surface area contributed by atoms with Gasteiger partial charge >= 0.3 is 0 Å². The summed E-state index contributed by atoms with van der Waals surface area (Å²) in [6.07, 6.45) is 5.09. The van der Waals surface area contributed by atoms with Crippen LogP contribution >= 0.6 is 0 Å². The van der Waals surface area contributed by atoms with Crippen molar-refractivity contribution in [3.63, 3.8) is 0 Å². The molecule has 174 valence electrons. The minimum atomic E-state index is -0.190. The van der Waals surface area contributed by atoms with Gasteiger partial charge in [0, 0.05) is 30.1 Å². The lowest BCUT2D eigenvalue weighted by atomic mass is 10.0. The number of ether oxygens (including phenoxy) is 1. The lowest BCUT2D eigenvalue weighted by Crippen LogP contribution is -2.29. The van der Waals surface area contributed by atoms with Crippen molar-refractivity contribution in [3.8, 4) is 5.88 Å². The minimum Gasteiger partial charge on any atom is -0.481 e. The van der Waals surface area contributed by atoms with Crippen molar-refractivity contribution in [1.82, 2.24) is 24.6 Å². The number of pyridine rings is 2. The number of methoxy groups -OCH3 is 1. The van der Waals surface area contributed by atoms with Gasteiger partial charge in [-0.15, -0.1) is 0 Å². The second-order valence-corrected chi connectivity index (χ2v) is 9.29. The van der Waals surface area contributed by atoms with Gasteiger partial charge in [-0.05, 0) is 56.6 Å². The molecule has 0 spiro atoms. The molecule has 1 saturated heterocycles. The maximum atomic E-state index is 13.6. The maximum absolute atomic E-state index is 13.6. The fraction of sp³-hybridized carbons (Fsp3) is 0.360. The van der Waals surface area contributed by atoms with Gasteiger partial charge in [0.2, 0.25) is 5.88 Å². The van der Waals surface area contributed by atoms with Crippen molar-refractivity contribution in [2.24, 2.45) is 0 Å². The molecular formula is C25H26N6O3. The van der Waals surface area contributed by atoms with Gasteiger partial charge in [0.1, 0.15) is 0 Å². The van der Waals surface area contributed by atoms with Crippen LogP contribution in [0.15, 0.2) is 35.4 Å². The third-order valence-electron chi connectivity index (χ3n) is 7.14. The number of carbonyl (C=O) groups excluding carboxylic acids is 1. The predicted molar refractivity (Wildman–Crippen MR) is 130 cm³/mol. The summed E-state index contributed by atoms with van der Waals surface area (Å²) in [7, 11) is 3.68. The number of nitrogens with zero attached hydrogens (tertiary/aromatic N) is 5. The molecular weight excluding hydrogens is 432 g/mol. The zero-order valence-corrected chi connectivity index (χ0v) is 19.5. The summed E-state index contributed by atoms with van der Waals surface area (Å²) in [6, 6.07) is 5.91. The van der Waals surface area contributed by atoms with Crippen LogP contribution in [0.3, 0.4) is 0 Å². The Labute approximate surface area is 195 Å². The first kappa shape index (κ1) is 20.9. The molecule has 3 aromatic heterocycles. The van der Waals surface area contributed by atoms with Gasteiger partial charge < -0.3 is 19.5 Å². The molecule has 1 unspecified atom stereocenters. The van der Waals surface area contributed by atoms with E-state index in [0.717, 1.165) is 53.6 Å². The quantitative estimate of drug-likeness (QED) is 0.507. The van der Waals surface area contributed by atoms with E-state index in [2.05, 4.69) is 27.0 Å². The number of anilines is 1. The minimum absolute atomic E-state index is 0.100. The molecule has 0 saturated carbocycles. The fourth-order valence-corrected chi connectivity index (χ4v) is 5.34. The third kappa shape index (κ3) is 3.11. The second-order valence-electron chi connectivity index (χ2n) is 9.29. The average molecular weight is 459 g/mol. The number of fused-ring (bicyclic) bond motifs is 4. The first-order valence-corrected chi connectivity index (χ1v) is 11.5. The van der Waals surface area contributed by atoms with Crippen molar-refractivity contribution >= 4 is 33.4 Å². The summed E-state index contributed by atoms with van der Waals surface area (Å²) in [6.45, 7) is 4.42. The van der Waals surface area contributed by atoms with Crippen LogP contribution in [0.5, 0.6) is 5.88 Å². The number of aromatic amines is 1. The normalized spacial score (nSPS) is 18.2. The Kier molecular flexibility index (Phi) is 4.70. The van der Waals surface area contributed by atoms with Crippen LogP contribution < -0.4 is 15.2 Å². The van der Waals surface area contributed by atoms with Crippen molar-refractivity contribution in [2.45, 2.75) is 25.8 Å². The van der Waals surface area contributed by atoms with Crippen LogP contribution in [-0.4, -0.2) is 64.3 Å². The fourth-order valence-electron chi connectivity index (χ4n) is 5.34. The van der Waals surface area contributed by atoms with E-state index in [1.165, 1.54) is 0 Å². The molecule has 1 fully saturated rings. The van der Waals surface area contributed by atoms with Crippen molar-refractivity contribution in [2.75, 3.05) is 38.7 Å². The third-order valence-corrected chi connectivity index (χ3v) is 7.14. The van der Waals surface area contributed by atoms with Gasteiger partial charge in [-0.3, -0.25) is 14.3 Å². The molecule has 0 aliphatic carbocycles. The molecule has 6 rings (SSSR count). The molecule has 34 heavy (non-hydrogen) atoms. The smallest absolute Gasteiger partial charge is 0.259 e. The largest absolute Gasteiger partial charge is 0.481 e. The van der Waals surface area contributed by atoms with Crippen LogP contribution in [0.25, 0.3) is 21.8 Å². The SMILES string of the molecule is COc1cc2c(cn1)N(C(=O)c1cc3[nH]c(=O)c4cnn(C5CCN(C)C5)c4c3cc1C)CC2. The van der Waals surface area contributed by atoms with Crippen LogP contribution in [-0.2, 0) is 6.42 Å². The topological polar surface area (TPSA) is 96.3 Å². The standard InChI is InChI=1S/C25H26N6O3/c1-14-8-18-20(28-24(32)19-11-27-31(23(18)19)16-5-6-29(2)13-16)10-17(14)25(33)30-7-4-15-9-22(34-3)26-12-21(15)30/h8-12,16H,4-7,13H2,1-3H3,(H,28,32). The number of aryl methyl sites for hydroxylation is 1. The second kappa shape index (κ2) is 7.66. The number of likely N-dealkylation sites (N-methyl/N-ethyl adjacent to an activating group) is 1. The van der Waals surface area contributed by atoms with Gasteiger partial charge in [-0.1, -0.05) is 0 Å². The highest BCUT2D eigenvalue weighted by Gasteiger charge is 2.29.